The first-order valence-corrected chi connectivity index (χ1v) is 11.3. The molecule has 4 nitrogen and oxygen atoms in total. The van der Waals surface area contributed by atoms with Crippen LogP contribution in [-0.2, 0) is 13.0 Å². The highest BCUT2D eigenvalue weighted by Gasteiger charge is 2.14. The third-order valence-corrected chi connectivity index (χ3v) is 5.00. The molecule has 4 heteroatoms. The average molecular weight is 409 g/mol. The SMILES string of the molecule is CC.CC.Oc1cccc2ccc(OCCCCN3CCc4ccccc4C3)nc12. The number of benzene rings is 2. The van der Waals surface area contributed by atoms with Gasteiger partial charge in [-0.05, 0) is 49.1 Å². The molecular weight excluding hydrogens is 372 g/mol. The van der Waals surface area contributed by atoms with Gasteiger partial charge < -0.3 is 9.84 Å². The number of phenolic OH excluding ortho intramolecular Hbond substituents is 1. The molecule has 0 amide bonds. The van der Waals surface area contributed by atoms with Gasteiger partial charge in [-0.15, -0.1) is 0 Å². The Bertz CT molecular complexity index is 895. The highest BCUT2D eigenvalue weighted by molar-refractivity contribution is 5.84. The van der Waals surface area contributed by atoms with E-state index in [1.165, 1.54) is 11.1 Å². The minimum atomic E-state index is 0.193. The number of nitrogens with zero attached hydrogens (tertiary/aromatic N) is 2. The zero-order valence-electron chi connectivity index (χ0n) is 18.9. The molecule has 0 unspecified atom stereocenters. The minimum absolute atomic E-state index is 0.193. The van der Waals surface area contributed by atoms with E-state index in [1.807, 2.05) is 52.0 Å². The van der Waals surface area contributed by atoms with Gasteiger partial charge in [-0.3, -0.25) is 4.90 Å². The van der Waals surface area contributed by atoms with Crippen LogP contribution < -0.4 is 4.74 Å². The summed E-state index contributed by atoms with van der Waals surface area (Å²) in [6, 6.07) is 17.9. The molecule has 2 aromatic carbocycles. The first-order valence-electron chi connectivity index (χ1n) is 11.3. The largest absolute Gasteiger partial charge is 0.506 e. The first kappa shape index (κ1) is 23.7. The summed E-state index contributed by atoms with van der Waals surface area (Å²) >= 11 is 0. The topological polar surface area (TPSA) is 45.6 Å². The predicted octanol–water partition coefficient (Wildman–Crippen LogP) is 6.21. The Kier molecular flexibility index (Phi) is 10.2. The lowest BCUT2D eigenvalue weighted by Gasteiger charge is -2.28. The summed E-state index contributed by atoms with van der Waals surface area (Å²) in [5.41, 5.74) is 3.56. The van der Waals surface area contributed by atoms with Gasteiger partial charge in [-0.2, -0.15) is 0 Å². The van der Waals surface area contributed by atoms with Crippen LogP contribution >= 0.6 is 0 Å². The number of hydrogen-bond acceptors (Lipinski definition) is 4. The highest BCUT2D eigenvalue weighted by Crippen LogP contribution is 2.24. The fourth-order valence-electron chi connectivity index (χ4n) is 3.55. The van der Waals surface area contributed by atoms with E-state index in [0.29, 0.717) is 18.0 Å². The van der Waals surface area contributed by atoms with Crippen LogP contribution in [0.1, 0.15) is 51.7 Å². The van der Waals surface area contributed by atoms with E-state index in [9.17, 15) is 5.11 Å². The highest BCUT2D eigenvalue weighted by atomic mass is 16.5. The number of aromatic hydroxyl groups is 1. The van der Waals surface area contributed by atoms with Gasteiger partial charge in [0.15, 0.2) is 0 Å². The van der Waals surface area contributed by atoms with Gasteiger partial charge in [0.25, 0.3) is 0 Å². The van der Waals surface area contributed by atoms with Crippen molar-refractivity contribution < 1.29 is 9.84 Å². The summed E-state index contributed by atoms with van der Waals surface area (Å²) in [4.78, 5) is 6.93. The maximum absolute atomic E-state index is 9.90. The van der Waals surface area contributed by atoms with Crippen LogP contribution in [-0.4, -0.2) is 34.7 Å². The molecule has 2 heterocycles. The number of para-hydroxylation sites is 1. The number of rotatable bonds is 6. The van der Waals surface area contributed by atoms with Crippen LogP contribution in [0.5, 0.6) is 11.6 Å². The van der Waals surface area contributed by atoms with Crippen molar-refractivity contribution >= 4 is 10.9 Å². The molecule has 0 fully saturated rings. The van der Waals surface area contributed by atoms with Gasteiger partial charge in [-0.25, -0.2) is 4.98 Å². The molecule has 4 rings (SSSR count). The van der Waals surface area contributed by atoms with Crippen LogP contribution in [0.2, 0.25) is 0 Å². The van der Waals surface area contributed by atoms with Gasteiger partial charge in [0.1, 0.15) is 11.3 Å². The first-order chi connectivity index (χ1) is 14.8. The second-order valence-electron chi connectivity index (χ2n) is 6.85. The Morgan fingerprint density at radius 1 is 0.900 bits per heavy atom. The molecule has 30 heavy (non-hydrogen) atoms. The van der Waals surface area contributed by atoms with Crippen molar-refractivity contribution in [2.45, 2.75) is 53.5 Å². The summed E-state index contributed by atoms with van der Waals surface area (Å²) in [5, 5.41) is 10.8. The molecule has 3 aromatic rings. The number of ether oxygens (including phenoxy) is 1. The van der Waals surface area contributed by atoms with E-state index >= 15 is 0 Å². The molecule has 0 aliphatic carbocycles. The van der Waals surface area contributed by atoms with Gasteiger partial charge in [0, 0.05) is 24.5 Å². The van der Waals surface area contributed by atoms with Crippen molar-refractivity contribution in [2.24, 2.45) is 0 Å². The Labute approximate surface area is 181 Å². The summed E-state index contributed by atoms with van der Waals surface area (Å²) in [7, 11) is 0. The average Bonchev–Trinajstić information content (AvgIpc) is 2.82. The van der Waals surface area contributed by atoms with Gasteiger partial charge in [0.2, 0.25) is 5.88 Å². The van der Waals surface area contributed by atoms with E-state index < -0.39 is 0 Å². The van der Waals surface area contributed by atoms with Crippen molar-refractivity contribution in [2.75, 3.05) is 19.7 Å². The van der Waals surface area contributed by atoms with Crippen LogP contribution in [0.4, 0.5) is 0 Å². The van der Waals surface area contributed by atoms with Crippen molar-refractivity contribution in [3.8, 4) is 11.6 Å². The molecule has 0 atom stereocenters. The van der Waals surface area contributed by atoms with Crippen LogP contribution in [0.3, 0.4) is 0 Å². The zero-order chi connectivity index (χ0) is 21.8. The Balaban J connectivity index is 0.000000757. The third-order valence-electron chi connectivity index (χ3n) is 5.00. The molecule has 0 bridgehead atoms. The lowest BCUT2D eigenvalue weighted by atomic mass is 10.00. The monoisotopic (exact) mass is 408 g/mol. The Morgan fingerprint density at radius 2 is 1.67 bits per heavy atom. The van der Waals surface area contributed by atoms with E-state index in [0.717, 1.165) is 44.3 Å². The standard InChI is InChI=1S/C22H24N2O2.2C2H6/c25-20-9-5-8-18-10-11-21(23-22(18)20)26-15-4-3-13-24-14-12-17-6-1-2-7-19(17)16-24;2*1-2/h1-2,5-11,25H,3-4,12-16H2;2*1-2H3. The fourth-order valence-corrected chi connectivity index (χ4v) is 3.55. The fraction of sp³-hybridized carbons (Fsp3) is 0.423. The van der Waals surface area contributed by atoms with Crippen molar-refractivity contribution in [3.05, 3.63) is 65.7 Å². The second kappa shape index (κ2) is 12.9. The molecule has 0 saturated carbocycles. The lowest BCUT2D eigenvalue weighted by molar-refractivity contribution is 0.233. The van der Waals surface area contributed by atoms with Crippen molar-refractivity contribution in [1.29, 1.82) is 0 Å². The molecule has 0 spiro atoms. The number of pyridine rings is 1. The van der Waals surface area contributed by atoms with E-state index in [4.69, 9.17) is 4.74 Å². The smallest absolute Gasteiger partial charge is 0.213 e. The number of phenols is 1. The molecule has 1 aliphatic rings. The Hall–Kier alpha value is -2.59. The maximum Gasteiger partial charge on any atom is 0.213 e. The number of unbranched alkanes of at least 4 members (excludes halogenated alkanes) is 1. The zero-order valence-corrected chi connectivity index (χ0v) is 18.9. The molecule has 0 radical (unpaired) electrons. The molecule has 1 aromatic heterocycles. The summed E-state index contributed by atoms with van der Waals surface area (Å²) in [5.74, 6) is 0.768. The van der Waals surface area contributed by atoms with Crippen LogP contribution in [0, 0.1) is 0 Å². The molecular formula is C26H36N2O2. The quantitative estimate of drug-likeness (QED) is 0.493. The number of aromatic nitrogens is 1. The molecule has 1 aliphatic heterocycles. The molecule has 1 N–H and O–H groups in total. The van der Waals surface area contributed by atoms with Crippen molar-refractivity contribution in [1.82, 2.24) is 9.88 Å². The van der Waals surface area contributed by atoms with Gasteiger partial charge >= 0.3 is 0 Å². The lowest BCUT2D eigenvalue weighted by Crippen LogP contribution is -2.31. The van der Waals surface area contributed by atoms with Gasteiger partial charge in [0.05, 0.1) is 6.61 Å². The normalized spacial score (nSPS) is 12.8. The maximum atomic E-state index is 9.90. The number of hydrogen-bond donors (Lipinski definition) is 1. The molecule has 162 valence electrons. The Morgan fingerprint density at radius 3 is 2.47 bits per heavy atom. The second-order valence-corrected chi connectivity index (χ2v) is 6.85. The van der Waals surface area contributed by atoms with E-state index in [-0.39, 0.29) is 5.75 Å². The summed E-state index contributed by atoms with van der Waals surface area (Å²) in [6.45, 7) is 12.0. The van der Waals surface area contributed by atoms with Crippen LogP contribution in [0.25, 0.3) is 10.9 Å². The molecule has 0 saturated heterocycles. The predicted molar refractivity (Wildman–Crippen MR) is 126 cm³/mol. The van der Waals surface area contributed by atoms with E-state index in [2.05, 4.69) is 34.1 Å². The minimum Gasteiger partial charge on any atom is -0.506 e. The third kappa shape index (κ3) is 6.46. The summed E-state index contributed by atoms with van der Waals surface area (Å²) in [6.07, 6.45) is 3.26. The summed E-state index contributed by atoms with van der Waals surface area (Å²) < 4.78 is 5.77. The number of fused-ring (bicyclic) bond motifs is 2. The van der Waals surface area contributed by atoms with Crippen molar-refractivity contribution in [3.63, 3.8) is 0 Å². The van der Waals surface area contributed by atoms with Gasteiger partial charge in [-0.1, -0.05) is 64.1 Å². The van der Waals surface area contributed by atoms with E-state index in [1.54, 1.807) is 6.07 Å². The van der Waals surface area contributed by atoms with Crippen LogP contribution in [0.15, 0.2) is 54.6 Å².